The van der Waals surface area contributed by atoms with Crippen molar-refractivity contribution >= 4 is 15.9 Å². The van der Waals surface area contributed by atoms with Crippen molar-refractivity contribution in [3.05, 3.63) is 0 Å². The monoisotopic (exact) mass is 280 g/mol. The molecule has 0 radical (unpaired) electrons. The topological polar surface area (TPSA) is 0 Å². The molecule has 88 valence electrons. The van der Waals surface area contributed by atoms with Crippen LogP contribution < -0.4 is 0 Å². The summed E-state index contributed by atoms with van der Waals surface area (Å²) in [4.78, 5) is 0.584. The lowest BCUT2D eigenvalue weighted by Crippen LogP contribution is -2.22. The van der Waals surface area contributed by atoms with Crippen LogP contribution in [-0.2, 0) is 0 Å². The van der Waals surface area contributed by atoms with Gasteiger partial charge in [0, 0.05) is 17.7 Å². The molecule has 15 heavy (non-hydrogen) atoms. The zero-order valence-corrected chi connectivity index (χ0v) is 10.6. The van der Waals surface area contributed by atoms with Gasteiger partial charge in [-0.2, -0.15) is 0 Å². The molecule has 0 aromatic rings. The molecule has 0 saturated heterocycles. The molecule has 0 bridgehead atoms. The van der Waals surface area contributed by atoms with Crippen molar-refractivity contribution in [2.75, 3.05) is 0 Å². The maximum absolute atomic E-state index is 13.0. The highest BCUT2D eigenvalue weighted by Gasteiger charge is 2.40. The fourth-order valence-electron chi connectivity index (χ4n) is 3.10. The molecule has 0 amide bonds. The first-order valence-electron chi connectivity index (χ1n) is 6.09. The molecule has 0 aliphatic heterocycles. The first-order chi connectivity index (χ1) is 7.07. The van der Waals surface area contributed by atoms with Gasteiger partial charge in [-0.1, -0.05) is 28.8 Å². The Morgan fingerprint density at radius 3 is 2.47 bits per heavy atom. The Hall–Kier alpha value is 0.340. The molecule has 3 heteroatoms. The van der Waals surface area contributed by atoms with Crippen molar-refractivity contribution in [1.29, 1.82) is 0 Å². The zero-order valence-electron chi connectivity index (χ0n) is 9.02. The van der Waals surface area contributed by atoms with Crippen LogP contribution in [0.1, 0.15) is 51.4 Å². The lowest BCUT2D eigenvalue weighted by Gasteiger charge is -2.29. The summed E-state index contributed by atoms with van der Waals surface area (Å²) < 4.78 is 26.1. The quantitative estimate of drug-likeness (QED) is 0.640. The van der Waals surface area contributed by atoms with E-state index in [0.717, 1.165) is 12.8 Å². The second-order valence-electron chi connectivity index (χ2n) is 5.26. The minimum Gasteiger partial charge on any atom is -0.207 e. The molecule has 0 heterocycles. The van der Waals surface area contributed by atoms with Crippen molar-refractivity contribution < 1.29 is 8.78 Å². The average molecular weight is 281 g/mol. The molecule has 2 aliphatic rings. The lowest BCUT2D eigenvalue weighted by atomic mass is 9.82. The lowest BCUT2D eigenvalue weighted by molar-refractivity contribution is 0.00386. The third-order valence-corrected chi connectivity index (χ3v) is 5.16. The van der Waals surface area contributed by atoms with Crippen LogP contribution in [0.25, 0.3) is 0 Å². The first kappa shape index (κ1) is 11.8. The standard InChI is InChI=1S/C12H19BrF2/c13-11-4-2-1-3-10(11)7-9-5-6-12(14,15)8-9/h9-11H,1-8H2. The van der Waals surface area contributed by atoms with Gasteiger partial charge in [0.2, 0.25) is 5.92 Å². The van der Waals surface area contributed by atoms with E-state index < -0.39 is 5.92 Å². The molecule has 0 aromatic carbocycles. The van der Waals surface area contributed by atoms with Crippen LogP contribution in [0.15, 0.2) is 0 Å². The SMILES string of the molecule is FC1(F)CCC(CC2CCCCC2Br)C1. The Morgan fingerprint density at radius 2 is 1.87 bits per heavy atom. The molecule has 0 spiro atoms. The van der Waals surface area contributed by atoms with Crippen LogP contribution in [0.2, 0.25) is 0 Å². The van der Waals surface area contributed by atoms with Crippen LogP contribution in [0.5, 0.6) is 0 Å². The third-order valence-electron chi connectivity index (χ3n) is 3.96. The Balaban J connectivity index is 1.81. The molecule has 2 saturated carbocycles. The van der Waals surface area contributed by atoms with E-state index >= 15 is 0 Å². The van der Waals surface area contributed by atoms with Gasteiger partial charge in [0.05, 0.1) is 0 Å². The van der Waals surface area contributed by atoms with Gasteiger partial charge in [0.1, 0.15) is 0 Å². The molecule has 3 atom stereocenters. The molecule has 2 fully saturated rings. The second kappa shape index (κ2) is 4.68. The van der Waals surface area contributed by atoms with E-state index in [1.165, 1.54) is 25.7 Å². The molecule has 0 aromatic heterocycles. The van der Waals surface area contributed by atoms with E-state index in [4.69, 9.17) is 0 Å². The fourth-order valence-corrected chi connectivity index (χ4v) is 3.90. The number of halogens is 3. The summed E-state index contributed by atoms with van der Waals surface area (Å²) in [5.41, 5.74) is 0. The van der Waals surface area contributed by atoms with Crippen LogP contribution in [0, 0.1) is 11.8 Å². The minimum atomic E-state index is -2.36. The Morgan fingerprint density at radius 1 is 1.13 bits per heavy atom. The predicted octanol–water partition coefficient (Wildman–Crippen LogP) is 4.77. The highest BCUT2D eigenvalue weighted by Crippen LogP contribution is 2.44. The summed E-state index contributed by atoms with van der Waals surface area (Å²) >= 11 is 3.70. The molecule has 2 aliphatic carbocycles. The van der Waals surface area contributed by atoms with E-state index in [2.05, 4.69) is 15.9 Å². The number of rotatable bonds is 2. The predicted molar refractivity (Wildman–Crippen MR) is 61.6 cm³/mol. The Bertz CT molecular complexity index is 218. The number of hydrogen-bond acceptors (Lipinski definition) is 0. The molecule has 0 nitrogen and oxygen atoms in total. The van der Waals surface area contributed by atoms with E-state index in [1.807, 2.05) is 0 Å². The Kier molecular flexibility index (Phi) is 3.69. The summed E-state index contributed by atoms with van der Waals surface area (Å²) in [6.45, 7) is 0. The summed E-state index contributed by atoms with van der Waals surface area (Å²) in [5.74, 6) is -1.43. The largest absolute Gasteiger partial charge is 0.248 e. The van der Waals surface area contributed by atoms with Gasteiger partial charge in [-0.25, -0.2) is 8.78 Å². The molecular formula is C12H19BrF2. The first-order valence-corrected chi connectivity index (χ1v) is 7.00. The summed E-state index contributed by atoms with van der Waals surface area (Å²) in [6, 6.07) is 0. The normalized spacial score (nSPS) is 40.6. The number of alkyl halides is 3. The Labute approximate surface area is 98.9 Å². The van der Waals surface area contributed by atoms with Crippen molar-refractivity contribution in [1.82, 2.24) is 0 Å². The third kappa shape index (κ3) is 3.15. The molecule has 0 N–H and O–H groups in total. The van der Waals surface area contributed by atoms with Gasteiger partial charge in [-0.3, -0.25) is 0 Å². The average Bonchev–Trinajstić information content (AvgIpc) is 2.50. The van der Waals surface area contributed by atoms with Gasteiger partial charge in [0.25, 0.3) is 0 Å². The van der Waals surface area contributed by atoms with E-state index in [1.54, 1.807) is 0 Å². The van der Waals surface area contributed by atoms with Crippen LogP contribution in [0.4, 0.5) is 8.78 Å². The van der Waals surface area contributed by atoms with Gasteiger partial charge >= 0.3 is 0 Å². The van der Waals surface area contributed by atoms with Gasteiger partial charge in [0.15, 0.2) is 0 Å². The van der Waals surface area contributed by atoms with Crippen molar-refractivity contribution in [2.45, 2.75) is 62.1 Å². The summed E-state index contributed by atoms with van der Waals surface area (Å²) in [6.07, 6.45) is 7.07. The maximum Gasteiger partial charge on any atom is 0.248 e. The van der Waals surface area contributed by atoms with Gasteiger partial charge in [-0.05, 0) is 37.5 Å². The van der Waals surface area contributed by atoms with Crippen molar-refractivity contribution in [2.24, 2.45) is 11.8 Å². The van der Waals surface area contributed by atoms with E-state index in [0.29, 0.717) is 10.7 Å². The molecular weight excluding hydrogens is 262 g/mol. The van der Waals surface area contributed by atoms with Crippen LogP contribution >= 0.6 is 15.9 Å². The smallest absolute Gasteiger partial charge is 0.207 e. The maximum atomic E-state index is 13.0. The number of hydrogen-bond donors (Lipinski definition) is 0. The molecule has 3 unspecified atom stereocenters. The van der Waals surface area contributed by atoms with Crippen LogP contribution in [-0.4, -0.2) is 10.7 Å². The second-order valence-corrected chi connectivity index (χ2v) is 6.44. The van der Waals surface area contributed by atoms with Crippen molar-refractivity contribution in [3.8, 4) is 0 Å². The van der Waals surface area contributed by atoms with Gasteiger partial charge in [-0.15, -0.1) is 0 Å². The molecule has 2 rings (SSSR count). The zero-order chi connectivity index (χ0) is 10.9. The van der Waals surface area contributed by atoms with E-state index in [-0.39, 0.29) is 18.8 Å². The summed E-state index contributed by atoms with van der Waals surface area (Å²) in [5, 5.41) is 0. The minimum absolute atomic E-state index is 0.122. The van der Waals surface area contributed by atoms with Crippen LogP contribution in [0.3, 0.4) is 0 Å². The highest BCUT2D eigenvalue weighted by molar-refractivity contribution is 9.09. The summed E-state index contributed by atoms with van der Waals surface area (Å²) in [7, 11) is 0. The van der Waals surface area contributed by atoms with E-state index in [9.17, 15) is 8.78 Å². The highest BCUT2D eigenvalue weighted by atomic mass is 79.9. The van der Waals surface area contributed by atoms with Crippen molar-refractivity contribution in [3.63, 3.8) is 0 Å². The fraction of sp³-hybridized carbons (Fsp3) is 1.00. The van der Waals surface area contributed by atoms with Gasteiger partial charge < -0.3 is 0 Å².